The number of benzene rings is 1. The van der Waals surface area contributed by atoms with Crippen molar-refractivity contribution in [2.75, 3.05) is 13.1 Å². The Balaban J connectivity index is 2.23. The maximum atomic E-state index is 12.3. The summed E-state index contributed by atoms with van der Waals surface area (Å²) in [5.41, 5.74) is 6.17. The minimum absolute atomic E-state index is 0.0750. The lowest BCUT2D eigenvalue weighted by Gasteiger charge is -2.23. The predicted molar refractivity (Wildman–Crippen MR) is 66.5 cm³/mol. The Morgan fingerprint density at radius 1 is 1.39 bits per heavy atom. The summed E-state index contributed by atoms with van der Waals surface area (Å²) in [4.78, 5) is 24.9. The Morgan fingerprint density at radius 2 is 2.11 bits per heavy atom. The molecule has 1 aromatic rings. The number of aromatic carboxylic acids is 1. The first-order valence-corrected chi connectivity index (χ1v) is 5.98. The molecule has 1 atom stereocenters. The molecule has 96 valence electrons. The fourth-order valence-corrected chi connectivity index (χ4v) is 2.30. The van der Waals surface area contributed by atoms with Crippen LogP contribution < -0.4 is 5.73 Å². The highest BCUT2D eigenvalue weighted by Gasteiger charge is 2.28. The Kier molecular flexibility index (Phi) is 3.62. The summed E-state index contributed by atoms with van der Waals surface area (Å²) >= 11 is 0. The number of rotatable bonds is 3. The van der Waals surface area contributed by atoms with Gasteiger partial charge in [0.2, 0.25) is 0 Å². The van der Waals surface area contributed by atoms with Crippen molar-refractivity contribution in [1.82, 2.24) is 4.90 Å². The number of hydrogen-bond acceptors (Lipinski definition) is 3. The Labute approximate surface area is 105 Å². The Hall–Kier alpha value is -1.88. The number of carboxylic acid groups (broad SMARTS) is 1. The number of hydrogen-bond donors (Lipinski definition) is 2. The SMILES string of the molecule is NCC1CCCN1C(=O)c1cccc(C(=O)O)c1. The molecule has 0 radical (unpaired) electrons. The van der Waals surface area contributed by atoms with E-state index in [2.05, 4.69) is 0 Å². The van der Waals surface area contributed by atoms with Gasteiger partial charge in [-0.25, -0.2) is 4.79 Å². The van der Waals surface area contributed by atoms with E-state index < -0.39 is 5.97 Å². The molecule has 3 N–H and O–H groups in total. The van der Waals surface area contributed by atoms with Crippen LogP contribution in [0, 0.1) is 0 Å². The first-order valence-electron chi connectivity index (χ1n) is 5.98. The van der Waals surface area contributed by atoms with Crippen LogP contribution in [0.2, 0.25) is 0 Å². The number of nitrogens with two attached hydrogens (primary N) is 1. The quantitative estimate of drug-likeness (QED) is 0.834. The normalized spacial score (nSPS) is 18.9. The van der Waals surface area contributed by atoms with Crippen LogP contribution in [0.25, 0.3) is 0 Å². The number of likely N-dealkylation sites (tertiary alicyclic amines) is 1. The minimum atomic E-state index is -1.03. The van der Waals surface area contributed by atoms with E-state index in [1.54, 1.807) is 17.0 Å². The van der Waals surface area contributed by atoms with Crippen LogP contribution in [0.15, 0.2) is 24.3 Å². The third-order valence-electron chi connectivity index (χ3n) is 3.27. The summed E-state index contributed by atoms with van der Waals surface area (Å²) in [5, 5.41) is 8.91. The highest BCUT2D eigenvalue weighted by Crippen LogP contribution is 2.19. The van der Waals surface area contributed by atoms with Gasteiger partial charge in [0.25, 0.3) is 5.91 Å². The number of carbonyl (C=O) groups is 2. The second-order valence-electron chi connectivity index (χ2n) is 4.42. The van der Waals surface area contributed by atoms with Gasteiger partial charge < -0.3 is 15.7 Å². The monoisotopic (exact) mass is 248 g/mol. The van der Waals surface area contributed by atoms with Gasteiger partial charge in [0, 0.05) is 24.7 Å². The molecule has 0 bridgehead atoms. The number of amides is 1. The van der Waals surface area contributed by atoms with Crippen LogP contribution in [0.1, 0.15) is 33.6 Å². The average molecular weight is 248 g/mol. The van der Waals surface area contributed by atoms with E-state index in [1.807, 2.05) is 0 Å². The molecule has 0 aromatic heterocycles. The van der Waals surface area contributed by atoms with E-state index >= 15 is 0 Å². The number of carboxylic acids is 1. The van der Waals surface area contributed by atoms with Crippen molar-refractivity contribution in [1.29, 1.82) is 0 Å². The van der Waals surface area contributed by atoms with Gasteiger partial charge in [-0.15, -0.1) is 0 Å². The highest BCUT2D eigenvalue weighted by molar-refractivity contribution is 5.97. The van der Waals surface area contributed by atoms with Crippen LogP contribution >= 0.6 is 0 Å². The van der Waals surface area contributed by atoms with Crippen LogP contribution in [0.4, 0.5) is 0 Å². The zero-order valence-corrected chi connectivity index (χ0v) is 10.0. The lowest BCUT2D eigenvalue weighted by atomic mass is 10.1. The topological polar surface area (TPSA) is 83.6 Å². The van der Waals surface area contributed by atoms with Crippen LogP contribution in [-0.4, -0.2) is 41.0 Å². The molecular formula is C13H16N2O3. The summed E-state index contributed by atoms with van der Waals surface area (Å²) in [7, 11) is 0. The number of carbonyl (C=O) groups excluding carboxylic acids is 1. The molecule has 5 nitrogen and oxygen atoms in total. The Morgan fingerprint density at radius 3 is 2.78 bits per heavy atom. The lowest BCUT2D eigenvalue weighted by Crippen LogP contribution is -2.39. The smallest absolute Gasteiger partial charge is 0.335 e. The second kappa shape index (κ2) is 5.18. The van der Waals surface area contributed by atoms with Crippen molar-refractivity contribution in [3.63, 3.8) is 0 Å². The second-order valence-corrected chi connectivity index (χ2v) is 4.42. The van der Waals surface area contributed by atoms with Gasteiger partial charge in [0.1, 0.15) is 0 Å². The fourth-order valence-electron chi connectivity index (χ4n) is 2.30. The van der Waals surface area contributed by atoms with E-state index in [4.69, 9.17) is 10.8 Å². The molecule has 0 saturated carbocycles. The van der Waals surface area contributed by atoms with Crippen molar-refractivity contribution in [3.8, 4) is 0 Å². The van der Waals surface area contributed by atoms with E-state index in [0.717, 1.165) is 12.8 Å². The zero-order valence-electron chi connectivity index (χ0n) is 10.0. The van der Waals surface area contributed by atoms with Gasteiger partial charge in [-0.2, -0.15) is 0 Å². The average Bonchev–Trinajstić information content (AvgIpc) is 2.86. The summed E-state index contributed by atoms with van der Waals surface area (Å²) in [6, 6.07) is 6.19. The van der Waals surface area contributed by atoms with E-state index in [1.165, 1.54) is 12.1 Å². The minimum Gasteiger partial charge on any atom is -0.478 e. The fraction of sp³-hybridized carbons (Fsp3) is 0.385. The van der Waals surface area contributed by atoms with E-state index in [-0.39, 0.29) is 17.5 Å². The molecule has 1 aromatic carbocycles. The summed E-state index contributed by atoms with van der Waals surface area (Å²) in [6.07, 6.45) is 1.87. The van der Waals surface area contributed by atoms with Gasteiger partial charge in [-0.1, -0.05) is 6.07 Å². The highest BCUT2D eigenvalue weighted by atomic mass is 16.4. The Bertz CT molecular complexity index is 473. The van der Waals surface area contributed by atoms with Crippen molar-refractivity contribution in [2.24, 2.45) is 5.73 Å². The van der Waals surface area contributed by atoms with Crippen LogP contribution in [0.5, 0.6) is 0 Å². The van der Waals surface area contributed by atoms with Crippen LogP contribution in [-0.2, 0) is 0 Å². The molecule has 1 aliphatic heterocycles. The van der Waals surface area contributed by atoms with Gasteiger partial charge in [-0.05, 0) is 31.0 Å². The van der Waals surface area contributed by atoms with E-state index in [9.17, 15) is 9.59 Å². The largest absolute Gasteiger partial charge is 0.478 e. The predicted octanol–water partition coefficient (Wildman–Crippen LogP) is 0.948. The summed E-state index contributed by atoms with van der Waals surface area (Å²) < 4.78 is 0. The molecule has 1 unspecified atom stereocenters. The molecule has 2 rings (SSSR count). The molecule has 1 amide bonds. The van der Waals surface area contributed by atoms with Gasteiger partial charge in [0.15, 0.2) is 0 Å². The molecule has 5 heteroatoms. The van der Waals surface area contributed by atoms with Crippen molar-refractivity contribution in [2.45, 2.75) is 18.9 Å². The van der Waals surface area contributed by atoms with Gasteiger partial charge in [-0.3, -0.25) is 4.79 Å². The van der Waals surface area contributed by atoms with Gasteiger partial charge >= 0.3 is 5.97 Å². The van der Waals surface area contributed by atoms with E-state index in [0.29, 0.717) is 18.7 Å². The maximum absolute atomic E-state index is 12.3. The molecule has 1 aliphatic rings. The molecule has 1 saturated heterocycles. The molecule has 18 heavy (non-hydrogen) atoms. The summed E-state index contributed by atoms with van der Waals surface area (Å²) in [6.45, 7) is 1.14. The van der Waals surface area contributed by atoms with Gasteiger partial charge in [0.05, 0.1) is 5.56 Å². The lowest BCUT2D eigenvalue weighted by molar-refractivity contribution is 0.0697. The third kappa shape index (κ3) is 2.36. The van der Waals surface area contributed by atoms with Crippen molar-refractivity contribution >= 4 is 11.9 Å². The maximum Gasteiger partial charge on any atom is 0.335 e. The standard InChI is InChI=1S/C13H16N2O3/c14-8-11-5-2-6-15(11)12(16)9-3-1-4-10(7-9)13(17)18/h1,3-4,7,11H,2,5-6,8,14H2,(H,17,18). The molecule has 1 heterocycles. The molecular weight excluding hydrogens is 232 g/mol. The zero-order chi connectivity index (χ0) is 13.1. The first-order chi connectivity index (χ1) is 8.63. The van der Waals surface area contributed by atoms with Crippen molar-refractivity contribution in [3.05, 3.63) is 35.4 Å². The third-order valence-corrected chi connectivity index (χ3v) is 3.27. The van der Waals surface area contributed by atoms with Crippen LogP contribution in [0.3, 0.4) is 0 Å². The molecule has 0 aliphatic carbocycles. The first kappa shape index (κ1) is 12.6. The van der Waals surface area contributed by atoms with Crippen molar-refractivity contribution < 1.29 is 14.7 Å². The molecule has 0 spiro atoms. The number of nitrogens with zero attached hydrogens (tertiary/aromatic N) is 1. The molecule has 1 fully saturated rings. The summed E-state index contributed by atoms with van der Waals surface area (Å²) in [5.74, 6) is -1.16.